The molecule has 2 rings (SSSR count). The number of nitrogens with zero attached hydrogens (tertiary/aromatic N) is 2. The Morgan fingerprint density at radius 2 is 2.10 bits per heavy atom. The number of nitrogens with two attached hydrogens (primary N) is 1. The van der Waals surface area contributed by atoms with Gasteiger partial charge in [-0.2, -0.15) is 5.10 Å². The molecule has 6 heteroatoms. The van der Waals surface area contributed by atoms with Gasteiger partial charge in [-0.1, -0.05) is 29.3 Å². The van der Waals surface area contributed by atoms with E-state index in [2.05, 4.69) is 5.10 Å². The first-order valence-corrected chi connectivity index (χ1v) is 7.01. The highest BCUT2D eigenvalue weighted by atomic mass is 35.5. The van der Waals surface area contributed by atoms with Crippen molar-refractivity contribution in [2.45, 2.75) is 26.5 Å². The summed E-state index contributed by atoms with van der Waals surface area (Å²) in [5.41, 5.74) is 8.38. The third kappa shape index (κ3) is 3.08. The average Bonchev–Trinajstić information content (AvgIpc) is 2.62. The van der Waals surface area contributed by atoms with Gasteiger partial charge in [0, 0.05) is 13.1 Å². The number of ether oxygens (including phenoxy) is 1. The van der Waals surface area contributed by atoms with Crippen molar-refractivity contribution in [3.8, 4) is 5.75 Å². The largest absolute Gasteiger partial charge is 0.486 e. The molecule has 0 fully saturated rings. The highest BCUT2D eigenvalue weighted by molar-refractivity contribution is 6.32. The fourth-order valence-electron chi connectivity index (χ4n) is 1.90. The van der Waals surface area contributed by atoms with Gasteiger partial charge in [-0.05, 0) is 31.5 Å². The lowest BCUT2D eigenvalue weighted by Crippen LogP contribution is -2.06. The predicted molar refractivity (Wildman–Crippen MR) is 81.3 cm³/mol. The van der Waals surface area contributed by atoms with Crippen LogP contribution in [0.5, 0.6) is 5.75 Å². The van der Waals surface area contributed by atoms with Crippen molar-refractivity contribution in [2.24, 2.45) is 12.8 Å². The van der Waals surface area contributed by atoms with Crippen LogP contribution < -0.4 is 10.5 Å². The first-order valence-electron chi connectivity index (χ1n) is 6.26. The monoisotopic (exact) mass is 313 g/mol. The van der Waals surface area contributed by atoms with Crippen molar-refractivity contribution in [3.05, 3.63) is 45.2 Å². The van der Waals surface area contributed by atoms with Gasteiger partial charge in [0.15, 0.2) is 0 Å². The number of aromatic nitrogens is 2. The Hall–Kier alpha value is -1.23. The normalized spacial score (nSPS) is 12.5. The molecular weight excluding hydrogens is 297 g/mol. The van der Waals surface area contributed by atoms with Gasteiger partial charge in [0.2, 0.25) is 0 Å². The van der Waals surface area contributed by atoms with Crippen molar-refractivity contribution >= 4 is 23.2 Å². The van der Waals surface area contributed by atoms with Crippen molar-refractivity contribution < 1.29 is 4.74 Å². The summed E-state index contributed by atoms with van der Waals surface area (Å²) in [7, 11) is 1.83. The Morgan fingerprint density at radius 3 is 2.60 bits per heavy atom. The molecule has 0 aliphatic carbocycles. The highest BCUT2D eigenvalue weighted by Gasteiger charge is 2.13. The minimum absolute atomic E-state index is 0.0595. The second-order valence-corrected chi connectivity index (χ2v) is 5.52. The Balaban J connectivity index is 2.15. The van der Waals surface area contributed by atoms with E-state index in [1.165, 1.54) is 0 Å². The lowest BCUT2D eigenvalue weighted by molar-refractivity contribution is 0.295. The first kappa shape index (κ1) is 15.2. The molecule has 1 atom stereocenters. The van der Waals surface area contributed by atoms with Crippen LogP contribution in [0.1, 0.15) is 29.9 Å². The number of hydrogen-bond acceptors (Lipinski definition) is 3. The number of halogens is 2. The molecule has 2 aromatic rings. The van der Waals surface area contributed by atoms with E-state index in [1.54, 1.807) is 4.68 Å². The van der Waals surface area contributed by atoms with Crippen molar-refractivity contribution in [1.29, 1.82) is 0 Å². The molecule has 1 aromatic carbocycles. The average molecular weight is 314 g/mol. The second kappa shape index (κ2) is 6.04. The molecule has 2 N–H and O–H groups in total. The van der Waals surface area contributed by atoms with E-state index in [4.69, 9.17) is 33.7 Å². The van der Waals surface area contributed by atoms with E-state index in [0.717, 1.165) is 17.0 Å². The minimum Gasteiger partial charge on any atom is -0.486 e. The molecule has 0 saturated carbocycles. The summed E-state index contributed by atoms with van der Waals surface area (Å²) < 4.78 is 7.42. The molecule has 1 heterocycles. The summed E-state index contributed by atoms with van der Waals surface area (Å²) in [5, 5.41) is 5.40. The fourth-order valence-corrected chi connectivity index (χ4v) is 2.36. The van der Waals surface area contributed by atoms with E-state index in [1.807, 2.05) is 39.1 Å². The molecular formula is C14H17Cl2N3O. The van der Waals surface area contributed by atoms with Crippen LogP contribution in [-0.4, -0.2) is 9.78 Å². The third-order valence-electron chi connectivity index (χ3n) is 3.11. The Kier molecular flexibility index (Phi) is 4.58. The number of hydrogen-bond donors (Lipinski definition) is 1. The molecule has 20 heavy (non-hydrogen) atoms. The molecule has 0 bridgehead atoms. The summed E-state index contributed by atoms with van der Waals surface area (Å²) in [6.07, 6.45) is 0. The van der Waals surface area contributed by atoms with E-state index in [0.29, 0.717) is 22.4 Å². The Morgan fingerprint density at radius 1 is 1.40 bits per heavy atom. The van der Waals surface area contributed by atoms with E-state index in [9.17, 15) is 0 Å². The van der Waals surface area contributed by atoms with Gasteiger partial charge in [0.05, 0.1) is 21.4 Å². The Labute approximate surface area is 128 Å². The summed E-state index contributed by atoms with van der Waals surface area (Å²) in [4.78, 5) is 0. The van der Waals surface area contributed by atoms with Crippen molar-refractivity contribution in [3.63, 3.8) is 0 Å². The lowest BCUT2D eigenvalue weighted by Gasteiger charge is -2.11. The molecule has 0 radical (unpaired) electrons. The molecule has 1 unspecified atom stereocenters. The SMILES string of the molecule is Cc1nn(C)c(COc2ccc(C(C)N)cc2Cl)c1Cl. The topological polar surface area (TPSA) is 53.1 Å². The van der Waals surface area contributed by atoms with Gasteiger partial charge in [-0.3, -0.25) is 4.68 Å². The maximum Gasteiger partial charge on any atom is 0.138 e. The molecule has 1 aromatic heterocycles. The first-order chi connectivity index (χ1) is 9.40. The van der Waals surface area contributed by atoms with E-state index in [-0.39, 0.29) is 6.04 Å². The van der Waals surface area contributed by atoms with Crippen LogP contribution in [0.2, 0.25) is 10.0 Å². The van der Waals surface area contributed by atoms with Gasteiger partial charge in [-0.25, -0.2) is 0 Å². The lowest BCUT2D eigenvalue weighted by atomic mass is 10.1. The minimum atomic E-state index is -0.0595. The molecule has 0 aliphatic heterocycles. The van der Waals surface area contributed by atoms with E-state index < -0.39 is 0 Å². The zero-order valence-electron chi connectivity index (χ0n) is 11.7. The van der Waals surface area contributed by atoms with Crippen LogP contribution >= 0.6 is 23.2 Å². The molecule has 0 aliphatic rings. The number of benzene rings is 1. The molecule has 108 valence electrons. The van der Waals surface area contributed by atoms with Gasteiger partial charge in [0.25, 0.3) is 0 Å². The smallest absolute Gasteiger partial charge is 0.138 e. The van der Waals surface area contributed by atoms with E-state index >= 15 is 0 Å². The van der Waals surface area contributed by atoms with Gasteiger partial charge < -0.3 is 10.5 Å². The standard InChI is InChI=1S/C14H17Cl2N3O/c1-8(17)10-4-5-13(11(15)6-10)20-7-12-14(16)9(2)18-19(12)3/h4-6,8H,7,17H2,1-3H3. The molecule has 4 nitrogen and oxygen atoms in total. The highest BCUT2D eigenvalue weighted by Crippen LogP contribution is 2.29. The maximum absolute atomic E-state index is 6.19. The quantitative estimate of drug-likeness (QED) is 0.937. The van der Waals surface area contributed by atoms with Crippen LogP contribution in [0.25, 0.3) is 0 Å². The van der Waals surface area contributed by atoms with Crippen molar-refractivity contribution in [2.75, 3.05) is 0 Å². The van der Waals surface area contributed by atoms with Gasteiger partial charge in [0.1, 0.15) is 12.4 Å². The predicted octanol–water partition coefficient (Wildman–Crippen LogP) is 3.63. The molecule has 0 spiro atoms. The van der Waals surface area contributed by atoms with Crippen LogP contribution in [0.4, 0.5) is 0 Å². The number of aryl methyl sites for hydroxylation is 2. The zero-order chi connectivity index (χ0) is 14.9. The van der Waals surface area contributed by atoms with Crippen molar-refractivity contribution in [1.82, 2.24) is 9.78 Å². The summed E-state index contributed by atoms with van der Waals surface area (Å²) >= 11 is 12.4. The van der Waals surface area contributed by atoms with Crippen LogP contribution in [0, 0.1) is 6.92 Å². The summed E-state index contributed by atoms with van der Waals surface area (Å²) in [6.45, 7) is 4.08. The third-order valence-corrected chi connectivity index (χ3v) is 3.89. The van der Waals surface area contributed by atoms with Gasteiger partial charge >= 0.3 is 0 Å². The second-order valence-electron chi connectivity index (χ2n) is 4.74. The number of rotatable bonds is 4. The van der Waals surface area contributed by atoms with Gasteiger partial charge in [-0.15, -0.1) is 0 Å². The molecule has 0 amide bonds. The van der Waals surface area contributed by atoms with Crippen LogP contribution in [0.15, 0.2) is 18.2 Å². The summed E-state index contributed by atoms with van der Waals surface area (Å²) in [6, 6.07) is 5.48. The van der Waals surface area contributed by atoms with Crippen LogP contribution in [-0.2, 0) is 13.7 Å². The zero-order valence-corrected chi connectivity index (χ0v) is 13.2. The molecule has 0 saturated heterocycles. The fraction of sp³-hybridized carbons (Fsp3) is 0.357. The summed E-state index contributed by atoms with van der Waals surface area (Å²) in [5.74, 6) is 0.603. The maximum atomic E-state index is 6.19. The van der Waals surface area contributed by atoms with Crippen LogP contribution in [0.3, 0.4) is 0 Å². The Bertz CT molecular complexity index is 623.